The van der Waals surface area contributed by atoms with Crippen molar-refractivity contribution in [2.45, 2.75) is 26.3 Å². The van der Waals surface area contributed by atoms with Crippen molar-refractivity contribution in [3.63, 3.8) is 0 Å². The van der Waals surface area contributed by atoms with Crippen LogP contribution in [-0.2, 0) is 6.42 Å². The number of urea groups is 1. The second-order valence-corrected chi connectivity index (χ2v) is 5.38. The fourth-order valence-electron chi connectivity index (χ4n) is 2.23. The predicted molar refractivity (Wildman–Crippen MR) is 92.7 cm³/mol. The fraction of sp³-hybridized carbons (Fsp3) is 0.316. The number of nitrogens with one attached hydrogen (secondary N) is 2. The van der Waals surface area contributed by atoms with Crippen LogP contribution in [0.4, 0.5) is 4.79 Å². The second-order valence-electron chi connectivity index (χ2n) is 5.38. The molecule has 0 saturated heterocycles. The van der Waals surface area contributed by atoms with Gasteiger partial charge in [-0.3, -0.25) is 0 Å². The van der Waals surface area contributed by atoms with Gasteiger partial charge in [0.2, 0.25) is 0 Å². The molecule has 4 nitrogen and oxygen atoms in total. The molecule has 2 aromatic rings. The first-order valence-corrected chi connectivity index (χ1v) is 8.00. The third-order valence-corrected chi connectivity index (χ3v) is 3.64. The molecule has 0 aliphatic rings. The summed E-state index contributed by atoms with van der Waals surface area (Å²) in [5.74, 6) is 0.821. The monoisotopic (exact) mass is 312 g/mol. The second kappa shape index (κ2) is 8.83. The normalized spacial score (nSPS) is 11.6. The lowest BCUT2D eigenvalue weighted by Crippen LogP contribution is -2.38. The van der Waals surface area contributed by atoms with E-state index < -0.39 is 0 Å². The summed E-state index contributed by atoms with van der Waals surface area (Å²) in [5.41, 5.74) is 2.36. The maximum atomic E-state index is 11.8. The number of ether oxygens (including phenoxy) is 1. The summed E-state index contributed by atoms with van der Waals surface area (Å²) >= 11 is 0. The summed E-state index contributed by atoms with van der Waals surface area (Å²) in [4.78, 5) is 11.8. The van der Waals surface area contributed by atoms with E-state index in [1.165, 1.54) is 5.56 Å². The molecular weight excluding hydrogens is 288 g/mol. The van der Waals surface area contributed by atoms with Gasteiger partial charge in [-0.15, -0.1) is 0 Å². The van der Waals surface area contributed by atoms with E-state index in [9.17, 15) is 4.79 Å². The highest BCUT2D eigenvalue weighted by molar-refractivity contribution is 5.74. The number of benzene rings is 2. The van der Waals surface area contributed by atoms with E-state index in [2.05, 4.69) is 29.7 Å². The Morgan fingerprint density at radius 2 is 1.78 bits per heavy atom. The van der Waals surface area contributed by atoms with Gasteiger partial charge in [0.1, 0.15) is 12.4 Å². The van der Waals surface area contributed by atoms with Crippen LogP contribution in [0.25, 0.3) is 0 Å². The standard InChI is InChI=1S/C19H24N2O2/c1-3-16-9-11-18(12-10-16)23-14-13-20-19(22)21-15(2)17-7-5-4-6-8-17/h4-12,15H,3,13-14H2,1-2H3,(H2,20,21,22). The van der Waals surface area contributed by atoms with Crippen LogP contribution >= 0.6 is 0 Å². The molecule has 0 heterocycles. The van der Waals surface area contributed by atoms with Gasteiger partial charge in [0.05, 0.1) is 12.6 Å². The van der Waals surface area contributed by atoms with Crippen LogP contribution in [0.3, 0.4) is 0 Å². The van der Waals surface area contributed by atoms with Crippen molar-refractivity contribution in [2.24, 2.45) is 0 Å². The average molecular weight is 312 g/mol. The molecule has 1 unspecified atom stereocenters. The summed E-state index contributed by atoms with van der Waals surface area (Å²) < 4.78 is 5.60. The average Bonchev–Trinajstić information content (AvgIpc) is 2.60. The van der Waals surface area contributed by atoms with E-state index in [1.807, 2.05) is 49.4 Å². The molecule has 2 aromatic carbocycles. The van der Waals surface area contributed by atoms with Crippen molar-refractivity contribution >= 4 is 6.03 Å². The van der Waals surface area contributed by atoms with Crippen LogP contribution in [0.1, 0.15) is 31.0 Å². The van der Waals surface area contributed by atoms with Crippen molar-refractivity contribution in [3.05, 3.63) is 65.7 Å². The topological polar surface area (TPSA) is 50.4 Å². The quantitative estimate of drug-likeness (QED) is 0.766. The molecule has 0 saturated carbocycles. The summed E-state index contributed by atoms with van der Waals surface area (Å²) in [6.07, 6.45) is 1.02. The number of hydrogen-bond acceptors (Lipinski definition) is 2. The van der Waals surface area contributed by atoms with Crippen LogP contribution in [0, 0.1) is 0 Å². The molecule has 0 bridgehead atoms. The van der Waals surface area contributed by atoms with Gasteiger partial charge in [0.25, 0.3) is 0 Å². The molecule has 0 aliphatic heterocycles. The van der Waals surface area contributed by atoms with E-state index in [-0.39, 0.29) is 12.1 Å². The Labute approximate surface area is 137 Å². The first-order chi connectivity index (χ1) is 11.2. The predicted octanol–water partition coefficient (Wildman–Crippen LogP) is 3.69. The van der Waals surface area contributed by atoms with Gasteiger partial charge < -0.3 is 15.4 Å². The molecule has 0 fully saturated rings. The number of rotatable bonds is 7. The van der Waals surface area contributed by atoms with Crippen molar-refractivity contribution in [1.29, 1.82) is 0 Å². The van der Waals surface area contributed by atoms with E-state index in [1.54, 1.807) is 0 Å². The van der Waals surface area contributed by atoms with Crippen molar-refractivity contribution < 1.29 is 9.53 Å². The van der Waals surface area contributed by atoms with Crippen LogP contribution in [0.2, 0.25) is 0 Å². The van der Waals surface area contributed by atoms with E-state index >= 15 is 0 Å². The van der Waals surface area contributed by atoms with Gasteiger partial charge >= 0.3 is 6.03 Å². The number of hydrogen-bond donors (Lipinski definition) is 2. The Balaban J connectivity index is 1.66. The number of amides is 2. The fourth-order valence-corrected chi connectivity index (χ4v) is 2.23. The first kappa shape index (κ1) is 16.9. The number of carbonyl (C=O) groups excluding carboxylic acids is 1. The van der Waals surface area contributed by atoms with Crippen molar-refractivity contribution in [2.75, 3.05) is 13.2 Å². The van der Waals surface area contributed by atoms with Crippen LogP contribution in [0.15, 0.2) is 54.6 Å². The number of carbonyl (C=O) groups is 1. The maximum absolute atomic E-state index is 11.8. The molecule has 0 spiro atoms. The van der Waals surface area contributed by atoms with E-state index in [4.69, 9.17) is 4.74 Å². The molecule has 2 amide bonds. The lowest BCUT2D eigenvalue weighted by atomic mass is 10.1. The smallest absolute Gasteiger partial charge is 0.315 e. The zero-order chi connectivity index (χ0) is 16.5. The van der Waals surface area contributed by atoms with Gasteiger partial charge in [-0.1, -0.05) is 49.4 Å². The van der Waals surface area contributed by atoms with E-state index in [0.29, 0.717) is 13.2 Å². The first-order valence-electron chi connectivity index (χ1n) is 8.00. The van der Waals surface area contributed by atoms with Gasteiger partial charge in [-0.2, -0.15) is 0 Å². The Morgan fingerprint density at radius 1 is 1.09 bits per heavy atom. The largest absolute Gasteiger partial charge is 0.492 e. The minimum atomic E-state index is -0.189. The summed E-state index contributed by atoms with van der Waals surface area (Å²) in [6.45, 7) is 4.98. The van der Waals surface area contributed by atoms with Crippen molar-refractivity contribution in [1.82, 2.24) is 10.6 Å². The van der Waals surface area contributed by atoms with Crippen LogP contribution in [0.5, 0.6) is 5.75 Å². The highest BCUT2D eigenvalue weighted by Crippen LogP contribution is 2.12. The molecule has 1 atom stereocenters. The third-order valence-electron chi connectivity index (χ3n) is 3.64. The van der Waals surface area contributed by atoms with E-state index in [0.717, 1.165) is 17.7 Å². The minimum Gasteiger partial charge on any atom is -0.492 e. The highest BCUT2D eigenvalue weighted by Gasteiger charge is 2.08. The molecule has 4 heteroatoms. The van der Waals surface area contributed by atoms with Gasteiger partial charge in [0, 0.05) is 0 Å². The lowest BCUT2D eigenvalue weighted by molar-refractivity contribution is 0.233. The summed E-state index contributed by atoms with van der Waals surface area (Å²) in [5, 5.41) is 5.71. The summed E-state index contributed by atoms with van der Waals surface area (Å²) in [6, 6.07) is 17.7. The van der Waals surface area contributed by atoms with Gasteiger partial charge in [-0.05, 0) is 36.6 Å². The molecule has 0 aromatic heterocycles. The lowest BCUT2D eigenvalue weighted by Gasteiger charge is -2.15. The van der Waals surface area contributed by atoms with Crippen LogP contribution in [-0.4, -0.2) is 19.2 Å². The maximum Gasteiger partial charge on any atom is 0.315 e. The van der Waals surface area contributed by atoms with Gasteiger partial charge in [0.15, 0.2) is 0 Å². The zero-order valence-electron chi connectivity index (χ0n) is 13.7. The minimum absolute atomic E-state index is 0.0290. The van der Waals surface area contributed by atoms with Gasteiger partial charge in [-0.25, -0.2) is 4.79 Å². The Hall–Kier alpha value is -2.49. The Bertz CT molecular complexity index is 597. The Morgan fingerprint density at radius 3 is 2.43 bits per heavy atom. The number of aryl methyl sites for hydroxylation is 1. The molecule has 122 valence electrons. The highest BCUT2D eigenvalue weighted by atomic mass is 16.5. The zero-order valence-corrected chi connectivity index (χ0v) is 13.7. The van der Waals surface area contributed by atoms with Crippen LogP contribution < -0.4 is 15.4 Å². The molecule has 2 rings (SSSR count). The molecule has 0 aliphatic carbocycles. The molecule has 2 N–H and O–H groups in total. The molecule has 0 radical (unpaired) electrons. The SMILES string of the molecule is CCc1ccc(OCCNC(=O)NC(C)c2ccccc2)cc1. The summed E-state index contributed by atoms with van der Waals surface area (Å²) in [7, 11) is 0. The Kier molecular flexibility index (Phi) is 6.48. The molecular formula is C19H24N2O2. The van der Waals surface area contributed by atoms with Crippen molar-refractivity contribution in [3.8, 4) is 5.75 Å². The molecule has 23 heavy (non-hydrogen) atoms. The third kappa shape index (κ3) is 5.66.